The Morgan fingerprint density at radius 2 is 1.80 bits per heavy atom. The number of rotatable bonds is 4. The summed E-state index contributed by atoms with van der Waals surface area (Å²) in [4.78, 5) is 18.3. The molecule has 0 spiro atoms. The van der Waals surface area contributed by atoms with Crippen molar-refractivity contribution in [3.05, 3.63) is 94.7 Å². The van der Waals surface area contributed by atoms with Crippen molar-refractivity contribution in [2.24, 2.45) is 5.41 Å². The Balaban J connectivity index is 1.38. The van der Waals surface area contributed by atoms with Crippen molar-refractivity contribution in [3.63, 3.8) is 0 Å². The van der Waals surface area contributed by atoms with E-state index in [1.54, 1.807) is 11.8 Å². The van der Waals surface area contributed by atoms with E-state index in [-0.39, 0.29) is 17.2 Å². The van der Waals surface area contributed by atoms with Crippen LogP contribution in [-0.2, 0) is 10.5 Å². The highest BCUT2D eigenvalue weighted by Crippen LogP contribution is 2.46. The van der Waals surface area contributed by atoms with Gasteiger partial charge in [0.05, 0.1) is 0 Å². The van der Waals surface area contributed by atoms with Crippen LogP contribution in [0.15, 0.2) is 83.2 Å². The predicted octanol–water partition coefficient (Wildman–Crippen LogP) is 6.69. The highest BCUT2D eigenvalue weighted by molar-refractivity contribution is 7.98. The number of anilines is 1. The summed E-state index contributed by atoms with van der Waals surface area (Å²) in [6, 6.07) is 22.9. The van der Waals surface area contributed by atoms with E-state index < -0.39 is 0 Å². The predicted molar refractivity (Wildman–Crippen MR) is 142 cm³/mol. The van der Waals surface area contributed by atoms with Crippen LogP contribution in [0.5, 0.6) is 0 Å². The smallest absolute Gasteiger partial charge is 0.227 e. The number of carbonyl (C=O) groups excluding carboxylic acids is 1. The minimum absolute atomic E-state index is 0.0761. The van der Waals surface area contributed by atoms with Crippen LogP contribution >= 0.6 is 11.8 Å². The fourth-order valence-electron chi connectivity index (χ4n) is 5.39. The molecule has 4 aromatic rings. The van der Waals surface area contributed by atoms with Crippen molar-refractivity contribution < 1.29 is 4.79 Å². The average molecular weight is 481 g/mol. The zero-order valence-corrected chi connectivity index (χ0v) is 21.0. The fourth-order valence-corrected chi connectivity index (χ4v) is 6.23. The van der Waals surface area contributed by atoms with Crippen molar-refractivity contribution in [2.45, 2.75) is 50.6 Å². The van der Waals surface area contributed by atoms with Crippen molar-refractivity contribution >= 4 is 34.3 Å². The fraction of sp³-hybridized carbons (Fsp3) is 0.276. The summed E-state index contributed by atoms with van der Waals surface area (Å²) >= 11 is 1.63. The van der Waals surface area contributed by atoms with Crippen molar-refractivity contribution in [2.75, 3.05) is 5.32 Å². The van der Waals surface area contributed by atoms with Crippen molar-refractivity contribution in [3.8, 4) is 0 Å². The van der Waals surface area contributed by atoms with E-state index in [1.165, 1.54) is 16.3 Å². The first-order valence-corrected chi connectivity index (χ1v) is 13.0. The molecule has 35 heavy (non-hydrogen) atoms. The summed E-state index contributed by atoms with van der Waals surface area (Å²) in [7, 11) is 0. The molecule has 1 N–H and O–H groups in total. The maximum atomic E-state index is 13.4. The summed E-state index contributed by atoms with van der Waals surface area (Å²) in [5.74, 6) is 1.69. The summed E-state index contributed by atoms with van der Waals surface area (Å²) in [5, 5.41) is 11.6. The molecule has 5 nitrogen and oxygen atoms in total. The van der Waals surface area contributed by atoms with Crippen LogP contribution < -0.4 is 5.32 Å². The standard InChI is InChI=1S/C29H28N4OS/c1-18-9-4-6-13-21(18)26-25-23(15-29(2,3)16-24(25)34)30-27-31-28(32-33(26)27)35-17-20-12-8-11-19-10-5-7-14-22(19)20/h4-14,26H,15-17H2,1-3H3,(H,30,31,32). The van der Waals surface area contributed by atoms with Gasteiger partial charge in [0, 0.05) is 23.4 Å². The van der Waals surface area contributed by atoms with Crippen LogP contribution in [0, 0.1) is 12.3 Å². The number of hydrogen-bond acceptors (Lipinski definition) is 5. The van der Waals surface area contributed by atoms with Crippen LogP contribution in [0.25, 0.3) is 10.8 Å². The lowest BCUT2D eigenvalue weighted by molar-refractivity contribution is -0.118. The molecule has 0 fully saturated rings. The Labute approximate surface area is 209 Å². The second-order valence-corrected chi connectivity index (χ2v) is 11.2. The largest absolute Gasteiger partial charge is 0.328 e. The number of ketones is 1. The Morgan fingerprint density at radius 3 is 2.66 bits per heavy atom. The molecule has 1 aromatic heterocycles. The molecule has 1 aliphatic carbocycles. The van der Waals surface area contributed by atoms with Gasteiger partial charge in [0.2, 0.25) is 11.1 Å². The highest BCUT2D eigenvalue weighted by Gasteiger charge is 2.42. The number of thioether (sulfide) groups is 1. The number of benzene rings is 3. The molecule has 2 heterocycles. The lowest BCUT2D eigenvalue weighted by atomic mass is 9.73. The van der Waals surface area contributed by atoms with E-state index in [9.17, 15) is 4.79 Å². The number of carbonyl (C=O) groups is 1. The Bertz CT molecular complexity index is 1490. The highest BCUT2D eigenvalue weighted by atomic mass is 32.2. The van der Waals surface area contributed by atoms with Gasteiger partial charge in [0.25, 0.3) is 0 Å². The zero-order chi connectivity index (χ0) is 24.2. The van der Waals surface area contributed by atoms with Gasteiger partial charge in [-0.1, -0.05) is 92.3 Å². The molecule has 3 aromatic carbocycles. The van der Waals surface area contributed by atoms with E-state index in [2.05, 4.69) is 80.7 Å². The minimum Gasteiger partial charge on any atom is -0.328 e. The molecule has 0 saturated carbocycles. The quantitative estimate of drug-likeness (QED) is 0.330. The molecule has 6 heteroatoms. The third-order valence-electron chi connectivity index (χ3n) is 7.03. The van der Waals surface area contributed by atoms with E-state index >= 15 is 0 Å². The Kier molecular flexibility index (Phi) is 5.29. The zero-order valence-electron chi connectivity index (χ0n) is 20.2. The van der Waals surface area contributed by atoms with E-state index in [4.69, 9.17) is 10.1 Å². The first-order chi connectivity index (χ1) is 16.9. The van der Waals surface area contributed by atoms with E-state index in [0.717, 1.165) is 34.6 Å². The molecule has 0 bridgehead atoms. The molecule has 6 rings (SSSR count). The second kappa shape index (κ2) is 8.38. The summed E-state index contributed by atoms with van der Waals surface area (Å²) < 4.78 is 1.92. The van der Waals surface area contributed by atoms with Gasteiger partial charge < -0.3 is 5.32 Å². The number of nitrogens with zero attached hydrogens (tertiary/aromatic N) is 3. The molecule has 176 valence electrons. The van der Waals surface area contributed by atoms with Gasteiger partial charge in [-0.15, -0.1) is 5.10 Å². The molecule has 1 atom stereocenters. The van der Waals surface area contributed by atoms with E-state index in [0.29, 0.717) is 17.5 Å². The number of allylic oxidation sites excluding steroid dienone is 2. The maximum absolute atomic E-state index is 13.4. The van der Waals surface area contributed by atoms with Gasteiger partial charge in [-0.3, -0.25) is 4.79 Å². The number of hydrogen-bond donors (Lipinski definition) is 1. The molecular weight excluding hydrogens is 452 g/mol. The molecule has 1 unspecified atom stereocenters. The monoisotopic (exact) mass is 480 g/mol. The molecular formula is C29H28N4OS. The van der Waals surface area contributed by atoms with Crippen molar-refractivity contribution in [1.29, 1.82) is 0 Å². The third kappa shape index (κ3) is 3.96. The number of aromatic nitrogens is 3. The lowest BCUT2D eigenvalue weighted by Crippen LogP contribution is -2.36. The van der Waals surface area contributed by atoms with Gasteiger partial charge in [0.1, 0.15) is 6.04 Å². The number of aryl methyl sites for hydroxylation is 1. The van der Waals surface area contributed by atoms with E-state index in [1.807, 2.05) is 16.8 Å². The molecule has 1 aliphatic heterocycles. The Hall–Kier alpha value is -3.38. The molecule has 0 saturated heterocycles. The summed E-state index contributed by atoms with van der Waals surface area (Å²) in [5.41, 5.74) is 5.26. The average Bonchev–Trinajstić information content (AvgIpc) is 3.23. The first-order valence-electron chi connectivity index (χ1n) is 12.0. The van der Waals surface area contributed by atoms with Gasteiger partial charge in [-0.2, -0.15) is 4.98 Å². The number of Topliss-reactive ketones (excluding diaryl/α,β-unsaturated/α-hetero) is 1. The van der Waals surface area contributed by atoms with Gasteiger partial charge in [-0.25, -0.2) is 4.68 Å². The number of fused-ring (bicyclic) bond motifs is 2. The van der Waals surface area contributed by atoms with Crippen molar-refractivity contribution in [1.82, 2.24) is 14.8 Å². The first kappa shape index (κ1) is 22.1. The second-order valence-electron chi connectivity index (χ2n) is 10.3. The topological polar surface area (TPSA) is 59.8 Å². The maximum Gasteiger partial charge on any atom is 0.227 e. The minimum atomic E-state index is -0.259. The van der Waals surface area contributed by atoms with Crippen LogP contribution in [0.2, 0.25) is 0 Å². The van der Waals surface area contributed by atoms with Crippen LogP contribution in [0.1, 0.15) is 49.4 Å². The van der Waals surface area contributed by atoms with Crippen LogP contribution in [0.4, 0.5) is 5.95 Å². The number of nitrogens with one attached hydrogen (secondary N) is 1. The lowest BCUT2D eigenvalue weighted by Gasteiger charge is -2.38. The Morgan fingerprint density at radius 1 is 1.03 bits per heavy atom. The van der Waals surface area contributed by atoms with Gasteiger partial charge in [0.15, 0.2) is 5.78 Å². The molecule has 0 amide bonds. The van der Waals surface area contributed by atoms with Gasteiger partial charge in [-0.05, 0) is 46.2 Å². The molecule has 0 radical (unpaired) electrons. The SMILES string of the molecule is Cc1ccccc1C1C2=C(CC(C)(C)CC2=O)Nc2nc(SCc3cccc4ccccc34)nn21. The normalized spacial score (nSPS) is 18.8. The van der Waals surface area contributed by atoms with Gasteiger partial charge >= 0.3 is 0 Å². The summed E-state index contributed by atoms with van der Waals surface area (Å²) in [6.45, 7) is 6.41. The summed E-state index contributed by atoms with van der Waals surface area (Å²) in [6.07, 6.45) is 1.37. The van der Waals surface area contributed by atoms with Crippen LogP contribution in [-0.4, -0.2) is 20.5 Å². The molecule has 2 aliphatic rings. The van der Waals surface area contributed by atoms with Crippen LogP contribution in [0.3, 0.4) is 0 Å². The third-order valence-corrected chi connectivity index (χ3v) is 7.92.